The van der Waals surface area contributed by atoms with Crippen LogP contribution in [-0.4, -0.2) is 16.3 Å². The van der Waals surface area contributed by atoms with Gasteiger partial charge in [0.05, 0.1) is 0 Å². The van der Waals surface area contributed by atoms with Crippen molar-refractivity contribution in [3.05, 3.63) is 21.9 Å². The molecule has 1 aromatic rings. The lowest BCUT2D eigenvalue weighted by atomic mass is 10.3. The summed E-state index contributed by atoms with van der Waals surface area (Å²) in [5, 5.41) is 17.4. The van der Waals surface area contributed by atoms with E-state index in [9.17, 15) is 0 Å². The highest BCUT2D eigenvalue weighted by atomic mass is 79.9. The third-order valence-electron chi connectivity index (χ3n) is 1.77. The molecule has 0 radical (unpaired) electrons. The van der Waals surface area contributed by atoms with E-state index in [1.807, 2.05) is 7.05 Å². The monoisotopic (exact) mass is 228 g/mol. The summed E-state index contributed by atoms with van der Waals surface area (Å²) in [5.74, 6) is 0. The number of nitrogens with zero attached hydrogens (tertiary/aromatic N) is 2. The van der Waals surface area contributed by atoms with Gasteiger partial charge in [-0.15, -0.1) is 0 Å². The second-order valence-electron chi connectivity index (χ2n) is 2.47. The molecule has 0 saturated heterocycles. The SMILES string of the molecule is Cn1c(C#N)cc(Br)c1CCO. The van der Waals surface area contributed by atoms with Crippen molar-refractivity contribution in [2.24, 2.45) is 7.05 Å². The van der Waals surface area contributed by atoms with Crippen molar-refractivity contribution in [2.45, 2.75) is 6.42 Å². The first kappa shape index (κ1) is 9.30. The summed E-state index contributed by atoms with van der Waals surface area (Å²) in [7, 11) is 1.81. The van der Waals surface area contributed by atoms with Gasteiger partial charge in [-0.1, -0.05) is 0 Å². The molecule has 0 saturated carbocycles. The summed E-state index contributed by atoms with van der Waals surface area (Å²) in [6, 6.07) is 3.82. The van der Waals surface area contributed by atoms with E-state index >= 15 is 0 Å². The third-order valence-corrected chi connectivity index (χ3v) is 2.46. The molecular formula is C8H9BrN2O. The Morgan fingerprint density at radius 1 is 1.75 bits per heavy atom. The van der Waals surface area contributed by atoms with Crippen LogP contribution in [0.4, 0.5) is 0 Å². The fourth-order valence-corrected chi connectivity index (χ4v) is 1.79. The quantitative estimate of drug-likeness (QED) is 0.828. The van der Waals surface area contributed by atoms with Crippen molar-refractivity contribution in [1.82, 2.24) is 4.57 Å². The van der Waals surface area contributed by atoms with E-state index in [-0.39, 0.29) is 6.61 Å². The highest BCUT2D eigenvalue weighted by molar-refractivity contribution is 9.10. The molecule has 0 spiro atoms. The van der Waals surface area contributed by atoms with E-state index < -0.39 is 0 Å². The fraction of sp³-hybridized carbons (Fsp3) is 0.375. The van der Waals surface area contributed by atoms with E-state index in [4.69, 9.17) is 10.4 Å². The first-order valence-electron chi connectivity index (χ1n) is 3.55. The smallest absolute Gasteiger partial charge is 0.121 e. The summed E-state index contributed by atoms with van der Waals surface area (Å²) in [5.41, 5.74) is 1.55. The maximum atomic E-state index is 8.73. The maximum Gasteiger partial charge on any atom is 0.121 e. The lowest BCUT2D eigenvalue weighted by molar-refractivity contribution is 0.296. The average molecular weight is 229 g/mol. The average Bonchev–Trinajstić information content (AvgIpc) is 2.32. The number of hydrogen-bond donors (Lipinski definition) is 1. The molecule has 0 aliphatic rings. The molecule has 1 N–H and O–H groups in total. The molecule has 0 aliphatic heterocycles. The Kier molecular flexibility index (Phi) is 2.90. The largest absolute Gasteiger partial charge is 0.396 e. The van der Waals surface area contributed by atoms with Crippen LogP contribution in [0.15, 0.2) is 10.5 Å². The number of aromatic nitrogens is 1. The minimum absolute atomic E-state index is 0.0985. The molecule has 0 bridgehead atoms. The van der Waals surface area contributed by atoms with E-state index in [0.717, 1.165) is 10.2 Å². The molecule has 1 aromatic heterocycles. The van der Waals surface area contributed by atoms with Crippen molar-refractivity contribution >= 4 is 15.9 Å². The number of hydrogen-bond acceptors (Lipinski definition) is 2. The molecule has 0 fully saturated rings. The van der Waals surface area contributed by atoms with Crippen LogP contribution < -0.4 is 0 Å². The maximum absolute atomic E-state index is 8.73. The fourth-order valence-electron chi connectivity index (χ4n) is 1.11. The zero-order valence-electron chi connectivity index (χ0n) is 6.71. The number of nitriles is 1. The van der Waals surface area contributed by atoms with Gasteiger partial charge in [-0.3, -0.25) is 0 Å². The second kappa shape index (κ2) is 3.74. The standard InChI is InChI=1S/C8H9BrN2O/c1-11-6(5-10)4-7(9)8(11)2-3-12/h4,12H,2-3H2,1H3. The molecule has 1 rings (SSSR count). The van der Waals surface area contributed by atoms with Crippen LogP contribution in [0.2, 0.25) is 0 Å². The summed E-state index contributed by atoms with van der Waals surface area (Å²) in [6.07, 6.45) is 0.568. The Morgan fingerprint density at radius 2 is 2.42 bits per heavy atom. The van der Waals surface area contributed by atoms with Crippen molar-refractivity contribution in [2.75, 3.05) is 6.61 Å². The highest BCUT2D eigenvalue weighted by Crippen LogP contribution is 2.20. The molecule has 0 amide bonds. The normalized spacial score (nSPS) is 9.83. The summed E-state index contributed by atoms with van der Waals surface area (Å²) in [4.78, 5) is 0. The number of rotatable bonds is 2. The van der Waals surface area contributed by atoms with Crippen LogP contribution >= 0.6 is 15.9 Å². The Labute approximate surface area is 79.4 Å². The van der Waals surface area contributed by atoms with Gasteiger partial charge in [0.2, 0.25) is 0 Å². The third kappa shape index (κ3) is 1.52. The lowest BCUT2D eigenvalue weighted by Gasteiger charge is -2.01. The Morgan fingerprint density at radius 3 is 2.83 bits per heavy atom. The lowest BCUT2D eigenvalue weighted by Crippen LogP contribution is -2.01. The predicted octanol–water partition coefficient (Wildman–Crippen LogP) is 1.19. The van der Waals surface area contributed by atoms with Gasteiger partial charge in [0.25, 0.3) is 0 Å². The van der Waals surface area contributed by atoms with Gasteiger partial charge in [0.15, 0.2) is 0 Å². The molecule has 0 unspecified atom stereocenters. The van der Waals surface area contributed by atoms with Crippen LogP contribution in [0.3, 0.4) is 0 Å². The molecular weight excluding hydrogens is 220 g/mol. The number of aliphatic hydroxyl groups excluding tert-OH is 1. The topological polar surface area (TPSA) is 49.0 Å². The van der Waals surface area contributed by atoms with E-state index in [1.165, 1.54) is 0 Å². The second-order valence-corrected chi connectivity index (χ2v) is 3.32. The zero-order valence-corrected chi connectivity index (χ0v) is 8.30. The molecule has 64 valence electrons. The molecule has 4 heteroatoms. The summed E-state index contributed by atoms with van der Waals surface area (Å²) < 4.78 is 2.66. The van der Waals surface area contributed by atoms with E-state index in [0.29, 0.717) is 12.1 Å². The van der Waals surface area contributed by atoms with Crippen molar-refractivity contribution in [1.29, 1.82) is 5.26 Å². The van der Waals surface area contributed by atoms with Gasteiger partial charge in [0, 0.05) is 30.2 Å². The Balaban J connectivity index is 3.12. The van der Waals surface area contributed by atoms with E-state index in [1.54, 1.807) is 10.6 Å². The predicted molar refractivity (Wildman–Crippen MR) is 48.6 cm³/mol. The van der Waals surface area contributed by atoms with Gasteiger partial charge >= 0.3 is 0 Å². The van der Waals surface area contributed by atoms with Crippen molar-refractivity contribution in [3.8, 4) is 6.07 Å². The summed E-state index contributed by atoms with van der Waals surface area (Å²) in [6.45, 7) is 0.0985. The van der Waals surface area contributed by atoms with Crippen LogP contribution in [-0.2, 0) is 13.5 Å². The Bertz CT molecular complexity index is 325. The zero-order chi connectivity index (χ0) is 9.14. The van der Waals surface area contributed by atoms with Gasteiger partial charge in [-0.2, -0.15) is 5.26 Å². The first-order valence-corrected chi connectivity index (χ1v) is 4.35. The molecule has 1 heterocycles. The molecule has 0 aliphatic carbocycles. The van der Waals surface area contributed by atoms with Crippen molar-refractivity contribution < 1.29 is 5.11 Å². The molecule has 0 aromatic carbocycles. The molecule has 3 nitrogen and oxygen atoms in total. The van der Waals surface area contributed by atoms with Crippen molar-refractivity contribution in [3.63, 3.8) is 0 Å². The van der Waals surface area contributed by atoms with E-state index in [2.05, 4.69) is 22.0 Å². The van der Waals surface area contributed by atoms with Crippen LogP contribution in [0, 0.1) is 11.3 Å². The van der Waals surface area contributed by atoms with Crippen LogP contribution in [0.25, 0.3) is 0 Å². The minimum atomic E-state index is 0.0985. The molecule has 12 heavy (non-hydrogen) atoms. The van der Waals surface area contributed by atoms with Gasteiger partial charge < -0.3 is 9.67 Å². The van der Waals surface area contributed by atoms with Crippen LogP contribution in [0.1, 0.15) is 11.4 Å². The Hall–Kier alpha value is -0.790. The van der Waals surface area contributed by atoms with Gasteiger partial charge in [-0.05, 0) is 22.0 Å². The number of aliphatic hydroxyl groups is 1. The van der Waals surface area contributed by atoms with Gasteiger partial charge in [0.1, 0.15) is 11.8 Å². The molecule has 0 atom stereocenters. The summed E-state index contributed by atoms with van der Waals surface area (Å²) >= 11 is 3.33. The van der Waals surface area contributed by atoms with Crippen LogP contribution in [0.5, 0.6) is 0 Å². The minimum Gasteiger partial charge on any atom is -0.396 e. The highest BCUT2D eigenvalue weighted by Gasteiger charge is 2.08. The van der Waals surface area contributed by atoms with Gasteiger partial charge in [-0.25, -0.2) is 0 Å². The number of halogens is 1. The first-order chi connectivity index (χ1) is 5.70.